The predicted octanol–water partition coefficient (Wildman–Crippen LogP) is 5.92. The highest BCUT2D eigenvalue weighted by Crippen LogP contribution is 2.67. The molecule has 0 aliphatic heterocycles. The highest BCUT2D eigenvalue weighted by molar-refractivity contribution is 6.22. The molecule has 37 heavy (non-hydrogen) atoms. The fraction of sp³-hybridized carbons (Fsp3) is 0.917. The van der Waals surface area contributed by atoms with Gasteiger partial charge in [0.1, 0.15) is 5.97 Å². The van der Waals surface area contributed by atoms with Gasteiger partial charge in [0, 0.05) is 0 Å². The quantitative estimate of drug-likeness (QED) is 0.210. The molecule has 0 amide bonds. The number of rotatable bonds is 11. The van der Waals surface area contributed by atoms with Crippen molar-refractivity contribution in [2.45, 2.75) is 64.6 Å². The second-order valence-corrected chi connectivity index (χ2v) is 7.00. The van der Waals surface area contributed by atoms with Crippen molar-refractivity contribution >= 4 is 17.6 Å². The van der Waals surface area contributed by atoms with Crippen molar-refractivity contribution < 1.29 is 106 Å². The summed E-state index contributed by atoms with van der Waals surface area (Å²) in [5.41, 5.74) is 0. The van der Waals surface area contributed by atoms with E-state index in [4.69, 9.17) is 0 Å². The summed E-state index contributed by atoms with van der Waals surface area (Å²) in [5, 5.41) is 2.60. The topological polar surface area (TPSA) is 40.1 Å². The maximum absolute atomic E-state index is 13.4. The zero-order valence-corrected chi connectivity index (χ0v) is 16.3. The van der Waals surface area contributed by atoms with E-state index in [1.165, 1.54) is 0 Å². The van der Waals surface area contributed by atoms with Crippen molar-refractivity contribution in [3.8, 4) is 0 Å². The number of carboxylic acid groups (broad SMARTS) is 1. The molecule has 0 atom stereocenters. The summed E-state index contributed by atoms with van der Waals surface area (Å²) in [6, 6.07) is 0. The van der Waals surface area contributed by atoms with Crippen LogP contribution in [0.5, 0.6) is 0 Å². The minimum Gasteiger partial charge on any atom is -0.544 e. The van der Waals surface area contributed by atoms with Crippen LogP contribution in [0.15, 0.2) is 0 Å². The Labute approximate surface area is 190 Å². The van der Waals surface area contributed by atoms with Crippen LogP contribution >= 0.6 is 11.6 Å². The van der Waals surface area contributed by atoms with E-state index in [1.807, 2.05) is 0 Å². The molecule has 0 aromatic carbocycles. The molecule has 0 saturated carbocycles. The second kappa shape index (κ2) is 8.36. The molecule has 2 nitrogen and oxygen atoms in total. The van der Waals surface area contributed by atoms with Gasteiger partial charge in [-0.2, -0.15) is 96.6 Å². The fourth-order valence-electron chi connectivity index (χ4n) is 1.88. The summed E-state index contributed by atoms with van der Waals surface area (Å²) >= 11 is 3.22. The molecule has 0 bridgehead atoms. The average molecular weight is 630 g/mol. The molecule has 0 aliphatic rings. The maximum atomic E-state index is 13.4. The largest absolute Gasteiger partial charge is 0.544 e. The smallest absolute Gasteiger partial charge is 0.393 e. The van der Waals surface area contributed by atoms with Gasteiger partial charge < -0.3 is 9.90 Å². The van der Waals surface area contributed by atoms with E-state index in [2.05, 4.69) is 11.6 Å². The third-order valence-electron chi connectivity index (χ3n) is 4.16. The number of carboxylic acids is 1. The maximum Gasteiger partial charge on any atom is 0.393 e. The highest BCUT2D eigenvalue weighted by atomic mass is 35.5. The third-order valence-corrected chi connectivity index (χ3v) is 4.40. The van der Waals surface area contributed by atoms with E-state index in [0.717, 1.165) is 0 Å². The van der Waals surface area contributed by atoms with Gasteiger partial charge in [0.2, 0.25) is 0 Å². The minimum atomic E-state index is -9.44. The van der Waals surface area contributed by atoms with Crippen LogP contribution in [0, 0.1) is 0 Å². The molecule has 25 heteroatoms. The number of carbonyl (C=O) groups is 1. The first kappa shape index (κ1) is 35.2. The van der Waals surface area contributed by atoms with Crippen LogP contribution in [0.4, 0.5) is 96.6 Å². The Kier molecular flexibility index (Phi) is 7.96. The van der Waals surface area contributed by atoms with Gasteiger partial charge in [-0.25, -0.2) is 0 Å². The van der Waals surface area contributed by atoms with Gasteiger partial charge in [-0.15, -0.1) is 0 Å². The zero-order chi connectivity index (χ0) is 31.1. The Balaban J connectivity index is 7.25. The van der Waals surface area contributed by atoms with Gasteiger partial charge in [0.15, 0.2) is 0 Å². The molecule has 0 aromatic heterocycles. The van der Waals surface area contributed by atoms with Crippen molar-refractivity contribution in [1.29, 1.82) is 0 Å². The number of halogens is 23. The molecule has 0 aliphatic carbocycles. The van der Waals surface area contributed by atoms with Gasteiger partial charge in [-0.05, 0) is 11.6 Å². The molecular formula is C12ClF22O2-. The third kappa shape index (κ3) is 4.00. The van der Waals surface area contributed by atoms with Gasteiger partial charge in [0.05, 0.1) is 0 Å². The second-order valence-electron chi connectivity index (χ2n) is 6.53. The van der Waals surface area contributed by atoms with Gasteiger partial charge in [0.25, 0.3) is 0 Å². The first-order chi connectivity index (χ1) is 15.4. The summed E-state index contributed by atoms with van der Waals surface area (Å²) in [5.74, 6) is -93.9. The summed E-state index contributed by atoms with van der Waals surface area (Å²) in [6.45, 7) is 0. The first-order valence-corrected chi connectivity index (χ1v) is 7.88. The molecule has 0 radical (unpaired) electrons. The standard InChI is InChI=1S/C12HClF22O2/c13-12(34,35)11(32,33)10(30,31)9(28,29)8(26,27)7(24,25)6(22,23)5(20,21)4(18,19)3(16,17)2(14,15)1(36)37/h(H,36,37)/p-1. The van der Waals surface area contributed by atoms with E-state index >= 15 is 0 Å². The highest BCUT2D eigenvalue weighted by Gasteiger charge is 2.98. The zero-order valence-electron chi connectivity index (χ0n) is 15.5. The van der Waals surface area contributed by atoms with E-state index < -0.39 is 70.6 Å². The Morgan fingerprint density at radius 3 is 0.703 bits per heavy atom. The number of aliphatic carboxylic acids is 1. The summed E-state index contributed by atoms with van der Waals surface area (Å²) < 4.78 is 288. The molecule has 0 aromatic rings. The average Bonchev–Trinajstić information content (AvgIpc) is 2.65. The lowest BCUT2D eigenvalue weighted by Crippen LogP contribution is -2.78. The molecule has 0 unspecified atom stereocenters. The lowest BCUT2D eigenvalue weighted by Gasteiger charge is -2.45. The monoisotopic (exact) mass is 629 g/mol. The molecule has 222 valence electrons. The molecule has 0 N–H and O–H groups in total. The van der Waals surface area contributed by atoms with Crippen LogP contribution in [-0.2, 0) is 4.79 Å². The van der Waals surface area contributed by atoms with Crippen LogP contribution in [0.2, 0.25) is 0 Å². The van der Waals surface area contributed by atoms with E-state index in [-0.39, 0.29) is 0 Å². The van der Waals surface area contributed by atoms with Crippen LogP contribution in [0.25, 0.3) is 0 Å². The van der Waals surface area contributed by atoms with Crippen molar-refractivity contribution in [2.75, 3.05) is 0 Å². The van der Waals surface area contributed by atoms with Crippen LogP contribution < -0.4 is 5.11 Å². The number of hydrogen-bond acceptors (Lipinski definition) is 2. The molecular weight excluding hydrogens is 630 g/mol. The van der Waals surface area contributed by atoms with Crippen molar-refractivity contribution in [3.63, 3.8) is 0 Å². The van der Waals surface area contributed by atoms with Crippen molar-refractivity contribution in [2.24, 2.45) is 0 Å². The summed E-state index contributed by atoms with van der Waals surface area (Å²) in [6.07, 6.45) is 0. The van der Waals surface area contributed by atoms with Crippen molar-refractivity contribution in [1.82, 2.24) is 0 Å². The number of carbonyl (C=O) groups excluding carboxylic acids is 1. The number of alkyl halides is 23. The molecule has 0 spiro atoms. The Morgan fingerprint density at radius 1 is 0.378 bits per heavy atom. The predicted molar refractivity (Wildman–Crippen MR) is 65.3 cm³/mol. The molecule has 0 fully saturated rings. The first-order valence-electron chi connectivity index (χ1n) is 7.50. The van der Waals surface area contributed by atoms with E-state index in [0.29, 0.717) is 0 Å². The van der Waals surface area contributed by atoms with E-state index in [9.17, 15) is 106 Å². The SMILES string of the molecule is O=C([O-])C(F)(F)C(F)(F)C(F)(F)C(F)(F)C(F)(F)C(F)(F)C(F)(F)C(F)(F)C(F)(F)C(F)(F)C(F)(F)Cl. The molecule has 0 rings (SSSR count). The van der Waals surface area contributed by atoms with E-state index in [1.54, 1.807) is 0 Å². The van der Waals surface area contributed by atoms with Crippen LogP contribution in [-0.4, -0.2) is 70.6 Å². The Bertz CT molecular complexity index is 885. The van der Waals surface area contributed by atoms with Crippen LogP contribution in [0.3, 0.4) is 0 Å². The minimum absolute atomic E-state index is 3.22. The number of hydrogen-bond donors (Lipinski definition) is 0. The van der Waals surface area contributed by atoms with Crippen LogP contribution in [0.1, 0.15) is 0 Å². The summed E-state index contributed by atoms with van der Waals surface area (Å²) in [7, 11) is 0. The van der Waals surface area contributed by atoms with Gasteiger partial charge in [-0.1, -0.05) is 0 Å². The summed E-state index contributed by atoms with van der Waals surface area (Å²) in [4.78, 5) is 9.76. The lowest BCUT2D eigenvalue weighted by atomic mass is 9.85. The van der Waals surface area contributed by atoms with Crippen molar-refractivity contribution in [3.05, 3.63) is 0 Å². The van der Waals surface area contributed by atoms with Gasteiger partial charge in [-0.3, -0.25) is 0 Å². The van der Waals surface area contributed by atoms with Gasteiger partial charge >= 0.3 is 64.6 Å². The fourth-order valence-corrected chi connectivity index (χ4v) is 2.00. The molecule has 0 saturated heterocycles. The molecule has 0 heterocycles. The Hall–Kier alpha value is -1.78. The normalized spacial score (nSPS) is 16.7. The lowest BCUT2D eigenvalue weighted by molar-refractivity contribution is -0.473. The Morgan fingerprint density at radius 2 is 0.541 bits per heavy atom.